The van der Waals surface area contributed by atoms with Gasteiger partial charge in [-0.15, -0.1) is 0 Å². The Kier molecular flexibility index (Phi) is 9.09. The predicted octanol–water partition coefficient (Wildman–Crippen LogP) is -1.48. The van der Waals surface area contributed by atoms with Gasteiger partial charge in [-0.3, -0.25) is 19.2 Å². The molecule has 28 heavy (non-hydrogen) atoms. The molecule has 0 saturated heterocycles. The van der Waals surface area contributed by atoms with Gasteiger partial charge in [0.25, 0.3) is 0 Å². The Balaban J connectivity index is 2.91. The molecule has 0 saturated carbocycles. The van der Waals surface area contributed by atoms with Gasteiger partial charge in [0, 0.05) is 18.3 Å². The van der Waals surface area contributed by atoms with Crippen LogP contribution in [0.15, 0.2) is 12.5 Å². The quantitative estimate of drug-likeness (QED) is 0.264. The lowest BCUT2D eigenvalue weighted by Crippen LogP contribution is -2.56. The third kappa shape index (κ3) is 8.16. The van der Waals surface area contributed by atoms with Crippen LogP contribution in [0.3, 0.4) is 0 Å². The number of carboxylic acids is 1. The zero-order valence-corrected chi connectivity index (χ0v) is 16.2. The van der Waals surface area contributed by atoms with Gasteiger partial charge in [0.1, 0.15) is 18.6 Å². The average molecular weight is 396 g/mol. The first-order chi connectivity index (χ1) is 13.1. The second kappa shape index (κ2) is 11.0. The Morgan fingerprint density at radius 1 is 1.11 bits per heavy atom. The molecule has 0 aliphatic rings. The Morgan fingerprint density at radius 2 is 1.75 bits per heavy atom. The number of carbonyl (C=O) groups excluding carboxylic acids is 3. The van der Waals surface area contributed by atoms with Crippen LogP contribution in [-0.2, 0) is 25.6 Å². The largest absolute Gasteiger partial charge is 0.480 e. The summed E-state index contributed by atoms with van der Waals surface area (Å²) in [6.07, 6.45) is 3.34. The van der Waals surface area contributed by atoms with Crippen molar-refractivity contribution in [2.24, 2.45) is 11.7 Å². The molecule has 11 nitrogen and oxygen atoms in total. The maximum Gasteiger partial charge on any atom is 0.322 e. The highest BCUT2D eigenvalue weighted by molar-refractivity contribution is 5.93. The van der Waals surface area contributed by atoms with Crippen LogP contribution in [0.4, 0.5) is 0 Å². The SMILES string of the molecule is CC(C)CC(NC(=O)C(C)N)C(=O)NC(Cc1cnc[nH]1)C(=O)NCC(=O)O. The number of carbonyl (C=O) groups is 4. The van der Waals surface area contributed by atoms with Crippen LogP contribution in [0.2, 0.25) is 0 Å². The number of nitrogens with two attached hydrogens (primary N) is 1. The number of aromatic amines is 1. The van der Waals surface area contributed by atoms with Crippen LogP contribution in [0.1, 0.15) is 32.9 Å². The van der Waals surface area contributed by atoms with Gasteiger partial charge >= 0.3 is 5.97 Å². The first kappa shape index (κ1) is 23.1. The highest BCUT2D eigenvalue weighted by Crippen LogP contribution is 2.07. The normalized spacial score (nSPS) is 14.0. The third-order valence-corrected chi connectivity index (χ3v) is 3.78. The van der Waals surface area contributed by atoms with Gasteiger partial charge in [-0.2, -0.15) is 0 Å². The van der Waals surface area contributed by atoms with Crippen molar-refractivity contribution in [1.29, 1.82) is 0 Å². The number of amides is 3. The van der Waals surface area contributed by atoms with Crippen LogP contribution in [-0.4, -0.2) is 63.4 Å². The lowest BCUT2D eigenvalue weighted by Gasteiger charge is -2.24. The Morgan fingerprint density at radius 3 is 2.25 bits per heavy atom. The summed E-state index contributed by atoms with van der Waals surface area (Å²) in [5, 5.41) is 16.1. The lowest BCUT2D eigenvalue weighted by atomic mass is 10.0. The van der Waals surface area contributed by atoms with Crippen molar-refractivity contribution in [3.63, 3.8) is 0 Å². The molecule has 0 aromatic carbocycles. The fourth-order valence-electron chi connectivity index (χ4n) is 2.39. The average Bonchev–Trinajstić information content (AvgIpc) is 3.10. The molecule has 1 rings (SSSR count). The number of aliphatic carboxylic acids is 1. The first-order valence-electron chi connectivity index (χ1n) is 8.93. The molecule has 7 N–H and O–H groups in total. The van der Waals surface area contributed by atoms with E-state index in [2.05, 4.69) is 25.9 Å². The summed E-state index contributed by atoms with van der Waals surface area (Å²) < 4.78 is 0. The number of nitrogens with one attached hydrogen (secondary N) is 4. The van der Waals surface area contributed by atoms with Crippen molar-refractivity contribution in [2.75, 3.05) is 6.54 Å². The van der Waals surface area contributed by atoms with Gasteiger partial charge < -0.3 is 31.8 Å². The van der Waals surface area contributed by atoms with E-state index in [0.717, 1.165) is 0 Å². The van der Waals surface area contributed by atoms with E-state index >= 15 is 0 Å². The number of H-pyrrole nitrogens is 1. The van der Waals surface area contributed by atoms with Gasteiger partial charge in [0.2, 0.25) is 17.7 Å². The Bertz CT molecular complexity index is 674. The van der Waals surface area contributed by atoms with E-state index in [-0.39, 0.29) is 12.3 Å². The molecule has 1 heterocycles. The molecule has 0 bridgehead atoms. The number of nitrogens with zero attached hydrogens (tertiary/aromatic N) is 1. The first-order valence-corrected chi connectivity index (χ1v) is 8.93. The molecule has 0 aliphatic heterocycles. The molecule has 0 aliphatic carbocycles. The summed E-state index contributed by atoms with van der Waals surface area (Å²) >= 11 is 0. The van der Waals surface area contributed by atoms with Crippen molar-refractivity contribution in [3.05, 3.63) is 18.2 Å². The van der Waals surface area contributed by atoms with E-state index in [4.69, 9.17) is 10.8 Å². The topological polar surface area (TPSA) is 179 Å². The van der Waals surface area contributed by atoms with Crippen LogP contribution in [0, 0.1) is 5.92 Å². The second-order valence-corrected chi connectivity index (χ2v) is 6.93. The van der Waals surface area contributed by atoms with E-state index in [1.807, 2.05) is 13.8 Å². The number of imidazole rings is 1. The molecular formula is C17H28N6O5. The maximum absolute atomic E-state index is 12.7. The highest BCUT2D eigenvalue weighted by atomic mass is 16.4. The number of hydrogen-bond acceptors (Lipinski definition) is 6. The zero-order valence-electron chi connectivity index (χ0n) is 16.2. The van der Waals surface area contributed by atoms with Crippen LogP contribution in [0.25, 0.3) is 0 Å². The summed E-state index contributed by atoms with van der Waals surface area (Å²) in [6, 6.07) is -2.72. The van der Waals surface area contributed by atoms with Crippen molar-refractivity contribution in [2.45, 2.75) is 51.7 Å². The van der Waals surface area contributed by atoms with Crippen molar-refractivity contribution >= 4 is 23.7 Å². The monoisotopic (exact) mass is 396 g/mol. The fraction of sp³-hybridized carbons (Fsp3) is 0.588. The van der Waals surface area contributed by atoms with E-state index in [0.29, 0.717) is 12.1 Å². The van der Waals surface area contributed by atoms with Gasteiger partial charge in [-0.25, -0.2) is 4.98 Å². The molecule has 3 atom stereocenters. The molecule has 3 amide bonds. The van der Waals surface area contributed by atoms with Gasteiger partial charge in [-0.05, 0) is 19.3 Å². The molecule has 11 heteroatoms. The van der Waals surface area contributed by atoms with Gasteiger partial charge in [-0.1, -0.05) is 13.8 Å². The summed E-state index contributed by atoms with van der Waals surface area (Å²) in [6.45, 7) is 4.70. The number of hydrogen-bond donors (Lipinski definition) is 6. The highest BCUT2D eigenvalue weighted by Gasteiger charge is 2.28. The van der Waals surface area contributed by atoms with Gasteiger partial charge in [0.15, 0.2) is 0 Å². The number of carboxylic acid groups (broad SMARTS) is 1. The van der Waals surface area contributed by atoms with Crippen molar-refractivity contribution in [1.82, 2.24) is 25.9 Å². The number of rotatable bonds is 11. The molecular weight excluding hydrogens is 368 g/mol. The minimum absolute atomic E-state index is 0.0762. The lowest BCUT2D eigenvalue weighted by molar-refractivity contribution is -0.138. The summed E-state index contributed by atoms with van der Waals surface area (Å²) in [7, 11) is 0. The molecule has 3 unspecified atom stereocenters. The molecule has 1 aromatic rings. The summed E-state index contributed by atoms with van der Waals surface area (Å²) in [5.41, 5.74) is 6.13. The molecule has 0 fully saturated rings. The fourth-order valence-corrected chi connectivity index (χ4v) is 2.39. The van der Waals surface area contributed by atoms with Gasteiger partial charge in [0.05, 0.1) is 12.4 Å². The van der Waals surface area contributed by atoms with E-state index in [1.165, 1.54) is 19.4 Å². The van der Waals surface area contributed by atoms with E-state index < -0.39 is 48.4 Å². The maximum atomic E-state index is 12.7. The minimum atomic E-state index is -1.21. The molecule has 156 valence electrons. The second-order valence-electron chi connectivity index (χ2n) is 6.93. The summed E-state index contributed by atoms with van der Waals surface area (Å²) in [4.78, 5) is 54.4. The molecule has 0 radical (unpaired) electrons. The molecule has 0 spiro atoms. The van der Waals surface area contributed by atoms with E-state index in [1.54, 1.807) is 0 Å². The van der Waals surface area contributed by atoms with Crippen LogP contribution < -0.4 is 21.7 Å². The standard InChI is InChI=1S/C17H28N6O5/c1-9(2)4-12(22-15(26)10(3)18)17(28)23-13(5-11-6-19-8-21-11)16(27)20-7-14(24)25/h6,8-10,12-13H,4-5,7,18H2,1-3H3,(H,19,21)(H,20,27)(H,22,26)(H,23,28)(H,24,25). The van der Waals surface area contributed by atoms with Crippen molar-refractivity contribution in [3.8, 4) is 0 Å². The third-order valence-electron chi connectivity index (χ3n) is 3.78. The minimum Gasteiger partial charge on any atom is -0.480 e. The smallest absolute Gasteiger partial charge is 0.322 e. The van der Waals surface area contributed by atoms with Crippen LogP contribution >= 0.6 is 0 Å². The number of aromatic nitrogens is 2. The van der Waals surface area contributed by atoms with Crippen LogP contribution in [0.5, 0.6) is 0 Å². The Hall–Kier alpha value is -2.95. The summed E-state index contributed by atoms with van der Waals surface area (Å²) in [5.74, 6) is -2.82. The van der Waals surface area contributed by atoms with Crippen molar-refractivity contribution < 1.29 is 24.3 Å². The zero-order chi connectivity index (χ0) is 21.3. The molecule has 1 aromatic heterocycles. The van der Waals surface area contributed by atoms with E-state index in [9.17, 15) is 19.2 Å². The Labute approximate surface area is 162 Å². The predicted molar refractivity (Wildman–Crippen MR) is 99.9 cm³/mol.